The van der Waals surface area contributed by atoms with Crippen molar-refractivity contribution in [3.05, 3.63) is 48.4 Å². The van der Waals surface area contributed by atoms with Crippen LogP contribution in [0.1, 0.15) is 25.8 Å². The van der Waals surface area contributed by atoms with Gasteiger partial charge in [-0.3, -0.25) is 4.90 Å². The van der Waals surface area contributed by atoms with E-state index in [-0.39, 0.29) is 36.2 Å². The first-order valence-electron chi connectivity index (χ1n) is 12.7. The smallest absolute Gasteiger partial charge is 0.416 e. The molecule has 3 aliphatic rings. The van der Waals surface area contributed by atoms with Crippen LogP contribution in [0.5, 0.6) is 6.01 Å². The van der Waals surface area contributed by atoms with E-state index in [1.54, 1.807) is 6.20 Å². The zero-order chi connectivity index (χ0) is 28.1. The first-order chi connectivity index (χ1) is 19.1. The fourth-order valence-electron chi connectivity index (χ4n) is 5.00. The highest BCUT2D eigenvalue weighted by Crippen LogP contribution is 2.40. The number of carbonyl (C=O) groups excluding carboxylic acids is 1. The van der Waals surface area contributed by atoms with Crippen molar-refractivity contribution in [2.24, 2.45) is 0 Å². The van der Waals surface area contributed by atoms with Crippen LogP contribution in [0.4, 0.5) is 35.2 Å². The summed E-state index contributed by atoms with van der Waals surface area (Å²) in [7, 11) is 0. The number of nitrogens with zero attached hydrogens (tertiary/aromatic N) is 6. The maximum absolute atomic E-state index is 13.5. The standard InChI is InChI=1S/C26H26F3N7O4/c1-25(2)39-14-19(40-25)13-38-23-31-9-17(10-32-23)33-24(37)36-18-6-7-35(12-18)20-11-30-21(34-22(20)36)15-4-3-5-16(8-15)26(27,28)29/h3-5,8-11,18-19H,6-7,12-14H2,1-2H3,(H,33,37)/t18-,19-/m0/s1. The van der Waals surface area contributed by atoms with Gasteiger partial charge in [0.05, 0.1) is 48.2 Å². The molecule has 11 nitrogen and oxygen atoms in total. The number of alkyl halides is 3. The topological polar surface area (TPSA) is 115 Å². The number of urea groups is 1. The number of aromatic nitrogens is 4. The fraction of sp³-hybridized carbons (Fsp3) is 0.423. The molecule has 3 aromatic rings. The van der Waals surface area contributed by atoms with Crippen LogP contribution in [0, 0.1) is 0 Å². The van der Waals surface area contributed by atoms with E-state index >= 15 is 0 Å². The molecule has 1 N–H and O–H groups in total. The summed E-state index contributed by atoms with van der Waals surface area (Å²) in [5, 5.41) is 2.79. The molecule has 2 saturated heterocycles. The van der Waals surface area contributed by atoms with Crippen LogP contribution in [-0.2, 0) is 15.7 Å². The van der Waals surface area contributed by atoms with Crippen molar-refractivity contribution in [1.29, 1.82) is 0 Å². The van der Waals surface area contributed by atoms with Crippen LogP contribution in [0.2, 0.25) is 0 Å². The molecule has 5 heterocycles. The van der Waals surface area contributed by atoms with Crippen molar-refractivity contribution >= 4 is 23.2 Å². The van der Waals surface area contributed by atoms with Gasteiger partial charge in [-0.05, 0) is 32.4 Å². The SMILES string of the molecule is CC1(C)OC[C@H](COc2ncc(NC(=O)N3c4nc(-c5cccc(C(F)(F)F)c5)ncc4N4CC[C@H]3C4)cn2)O1. The van der Waals surface area contributed by atoms with Gasteiger partial charge in [0.25, 0.3) is 0 Å². The van der Waals surface area contributed by atoms with Crippen molar-refractivity contribution in [3.8, 4) is 17.4 Å². The Kier molecular flexibility index (Phi) is 6.45. The molecule has 6 rings (SSSR count). The number of nitrogens with one attached hydrogen (secondary N) is 1. The van der Waals surface area contributed by atoms with Crippen molar-refractivity contribution in [2.75, 3.05) is 41.4 Å². The molecule has 210 valence electrons. The number of fused-ring (bicyclic) bond motifs is 4. The van der Waals surface area contributed by atoms with E-state index in [1.165, 1.54) is 29.4 Å². The average Bonchev–Trinajstić information content (AvgIpc) is 3.50. The van der Waals surface area contributed by atoms with Crippen LogP contribution in [-0.4, -0.2) is 70.2 Å². The molecule has 40 heavy (non-hydrogen) atoms. The summed E-state index contributed by atoms with van der Waals surface area (Å²) in [5.74, 6) is -0.239. The lowest BCUT2D eigenvalue weighted by Gasteiger charge is -2.35. The van der Waals surface area contributed by atoms with E-state index in [0.717, 1.165) is 12.1 Å². The second-order valence-electron chi connectivity index (χ2n) is 10.2. The van der Waals surface area contributed by atoms with Gasteiger partial charge in [-0.15, -0.1) is 0 Å². The highest BCUT2D eigenvalue weighted by atomic mass is 19.4. The Hall–Kier alpha value is -4.04. The first-order valence-corrected chi connectivity index (χ1v) is 12.7. The molecule has 0 radical (unpaired) electrons. The number of benzene rings is 1. The number of hydrogen-bond acceptors (Lipinski definition) is 9. The average molecular weight is 558 g/mol. The summed E-state index contributed by atoms with van der Waals surface area (Å²) in [6, 6.07) is 4.30. The zero-order valence-corrected chi connectivity index (χ0v) is 21.7. The Balaban J connectivity index is 1.19. The van der Waals surface area contributed by atoms with Crippen LogP contribution in [0.15, 0.2) is 42.9 Å². The minimum atomic E-state index is -4.50. The lowest BCUT2D eigenvalue weighted by Crippen LogP contribution is -2.48. The number of halogens is 3. The van der Waals surface area contributed by atoms with E-state index in [9.17, 15) is 18.0 Å². The number of hydrogen-bond donors (Lipinski definition) is 1. The number of amides is 2. The minimum Gasteiger partial charge on any atom is -0.461 e. The number of anilines is 3. The predicted molar refractivity (Wildman–Crippen MR) is 137 cm³/mol. The van der Waals surface area contributed by atoms with Gasteiger partial charge in [-0.1, -0.05) is 12.1 Å². The maximum Gasteiger partial charge on any atom is 0.416 e. The van der Waals surface area contributed by atoms with Gasteiger partial charge in [0, 0.05) is 18.7 Å². The molecular weight excluding hydrogens is 531 g/mol. The van der Waals surface area contributed by atoms with Crippen molar-refractivity contribution in [3.63, 3.8) is 0 Å². The zero-order valence-electron chi connectivity index (χ0n) is 21.7. The van der Waals surface area contributed by atoms with Gasteiger partial charge in [-0.25, -0.2) is 24.7 Å². The van der Waals surface area contributed by atoms with Gasteiger partial charge in [0.2, 0.25) is 0 Å². The predicted octanol–water partition coefficient (Wildman–Crippen LogP) is 4.11. The fourth-order valence-corrected chi connectivity index (χ4v) is 5.00. The molecule has 2 bridgehead atoms. The highest BCUT2D eigenvalue weighted by molar-refractivity contribution is 6.04. The molecule has 2 aromatic heterocycles. The quantitative estimate of drug-likeness (QED) is 0.495. The Morgan fingerprint density at radius 3 is 2.73 bits per heavy atom. The molecule has 2 fully saturated rings. The van der Waals surface area contributed by atoms with Gasteiger partial charge >= 0.3 is 18.2 Å². The van der Waals surface area contributed by atoms with Gasteiger partial charge in [-0.2, -0.15) is 13.2 Å². The lowest BCUT2D eigenvalue weighted by molar-refractivity contribution is -0.141. The van der Waals surface area contributed by atoms with Crippen LogP contribution in [0.25, 0.3) is 11.4 Å². The van der Waals surface area contributed by atoms with Crippen LogP contribution >= 0.6 is 0 Å². The van der Waals surface area contributed by atoms with Crippen molar-refractivity contribution in [2.45, 2.75) is 44.4 Å². The summed E-state index contributed by atoms with van der Waals surface area (Å²) in [5.41, 5.74) is 0.382. The third kappa shape index (κ3) is 5.23. The lowest BCUT2D eigenvalue weighted by atomic mass is 10.1. The third-order valence-electron chi connectivity index (χ3n) is 6.86. The number of ether oxygens (including phenoxy) is 3. The summed E-state index contributed by atoms with van der Waals surface area (Å²) in [4.78, 5) is 34.2. The van der Waals surface area contributed by atoms with Gasteiger partial charge < -0.3 is 24.4 Å². The molecule has 0 unspecified atom stereocenters. The Labute approximate surface area is 227 Å². The molecule has 1 aromatic carbocycles. The largest absolute Gasteiger partial charge is 0.461 e. The number of rotatable bonds is 5. The van der Waals surface area contributed by atoms with E-state index in [2.05, 4.69) is 30.2 Å². The minimum absolute atomic E-state index is 0.0926. The summed E-state index contributed by atoms with van der Waals surface area (Å²) in [6.07, 6.45) is 0.363. The third-order valence-corrected chi connectivity index (χ3v) is 6.86. The summed E-state index contributed by atoms with van der Waals surface area (Å²) >= 11 is 0. The van der Waals surface area contributed by atoms with Crippen LogP contribution < -0.4 is 19.9 Å². The van der Waals surface area contributed by atoms with E-state index in [1.807, 2.05) is 13.8 Å². The van der Waals surface area contributed by atoms with E-state index in [0.29, 0.717) is 43.3 Å². The molecule has 2 amide bonds. The van der Waals surface area contributed by atoms with Crippen molar-refractivity contribution < 1.29 is 32.2 Å². The van der Waals surface area contributed by atoms with Crippen molar-refractivity contribution in [1.82, 2.24) is 19.9 Å². The molecule has 3 aliphatic heterocycles. The molecule has 14 heteroatoms. The molecular formula is C26H26F3N7O4. The van der Waals surface area contributed by atoms with Crippen LogP contribution in [0.3, 0.4) is 0 Å². The first kappa shape index (κ1) is 26.2. The maximum atomic E-state index is 13.5. The molecule has 0 saturated carbocycles. The summed E-state index contributed by atoms with van der Waals surface area (Å²) in [6.45, 7) is 5.56. The molecule has 2 atom stereocenters. The molecule has 0 aliphatic carbocycles. The Morgan fingerprint density at radius 2 is 2.00 bits per heavy atom. The normalized spacial score (nSPS) is 21.3. The monoisotopic (exact) mass is 557 g/mol. The highest BCUT2D eigenvalue weighted by Gasteiger charge is 2.41. The Bertz CT molecular complexity index is 1420. The second-order valence-corrected chi connectivity index (χ2v) is 10.2. The van der Waals surface area contributed by atoms with Gasteiger partial charge in [0.15, 0.2) is 17.4 Å². The van der Waals surface area contributed by atoms with E-state index in [4.69, 9.17) is 14.2 Å². The van der Waals surface area contributed by atoms with E-state index < -0.39 is 23.6 Å². The summed E-state index contributed by atoms with van der Waals surface area (Å²) < 4.78 is 56.6. The Morgan fingerprint density at radius 1 is 1.20 bits per heavy atom. The number of carbonyl (C=O) groups is 1. The second kappa shape index (κ2) is 9.86. The molecule has 0 spiro atoms. The van der Waals surface area contributed by atoms with Gasteiger partial charge in [0.1, 0.15) is 12.7 Å².